The van der Waals surface area contributed by atoms with E-state index in [1.54, 1.807) is 23.1 Å². The van der Waals surface area contributed by atoms with E-state index < -0.39 is 5.54 Å². The first kappa shape index (κ1) is 14.4. The molecular weight excluding hydrogens is 256 g/mol. The van der Waals surface area contributed by atoms with Crippen molar-refractivity contribution in [1.82, 2.24) is 10.2 Å². The monoisotopic (exact) mass is 276 g/mol. The third-order valence-corrected chi connectivity index (χ3v) is 4.06. The smallest absolute Gasteiger partial charge is 0.246 e. The molecule has 1 saturated heterocycles. The van der Waals surface area contributed by atoms with Gasteiger partial charge >= 0.3 is 0 Å². The van der Waals surface area contributed by atoms with Crippen LogP contribution in [0, 0.1) is 0 Å². The summed E-state index contributed by atoms with van der Waals surface area (Å²) in [5.74, 6) is -0.0195. The summed E-state index contributed by atoms with van der Waals surface area (Å²) in [6.45, 7) is 4.20. The fourth-order valence-electron chi connectivity index (χ4n) is 2.81. The third kappa shape index (κ3) is 2.35. The number of carbonyl (C=O) groups excluding carboxylic acids is 2. The molecule has 0 atom stereocenters. The topological polar surface area (TPSA) is 69.6 Å². The van der Waals surface area contributed by atoms with Gasteiger partial charge in [-0.05, 0) is 30.5 Å². The van der Waals surface area contributed by atoms with Crippen molar-refractivity contribution in [3.8, 4) is 5.75 Å². The van der Waals surface area contributed by atoms with E-state index >= 15 is 0 Å². The van der Waals surface area contributed by atoms with Gasteiger partial charge in [-0.2, -0.15) is 0 Å². The predicted molar refractivity (Wildman–Crippen MR) is 75.0 cm³/mol. The van der Waals surface area contributed by atoms with Gasteiger partial charge < -0.3 is 15.3 Å². The highest BCUT2D eigenvalue weighted by atomic mass is 16.3. The first-order valence-corrected chi connectivity index (χ1v) is 6.90. The van der Waals surface area contributed by atoms with Crippen molar-refractivity contribution in [3.05, 3.63) is 29.8 Å². The number of aromatic hydroxyl groups is 1. The van der Waals surface area contributed by atoms with Gasteiger partial charge in [-0.15, -0.1) is 0 Å². The van der Waals surface area contributed by atoms with Gasteiger partial charge in [0.15, 0.2) is 0 Å². The Bertz CT molecular complexity index is 524. The van der Waals surface area contributed by atoms with Gasteiger partial charge in [0, 0.05) is 6.54 Å². The highest BCUT2D eigenvalue weighted by molar-refractivity contribution is 5.97. The summed E-state index contributed by atoms with van der Waals surface area (Å²) >= 11 is 0. The fourth-order valence-corrected chi connectivity index (χ4v) is 2.81. The van der Waals surface area contributed by atoms with Gasteiger partial charge in [-0.25, -0.2) is 0 Å². The van der Waals surface area contributed by atoms with Crippen molar-refractivity contribution in [2.24, 2.45) is 0 Å². The summed E-state index contributed by atoms with van der Waals surface area (Å²) in [4.78, 5) is 26.1. The van der Waals surface area contributed by atoms with Crippen molar-refractivity contribution in [2.45, 2.75) is 38.8 Å². The van der Waals surface area contributed by atoms with Crippen LogP contribution in [-0.2, 0) is 16.1 Å². The summed E-state index contributed by atoms with van der Waals surface area (Å²) in [5.41, 5.74) is 0.0279. The molecule has 0 aromatic heterocycles. The summed E-state index contributed by atoms with van der Waals surface area (Å²) < 4.78 is 0. The van der Waals surface area contributed by atoms with E-state index in [-0.39, 0.29) is 24.1 Å². The van der Waals surface area contributed by atoms with Crippen LogP contribution < -0.4 is 5.32 Å². The number of amides is 2. The maximum Gasteiger partial charge on any atom is 0.246 e. The number of carbonyl (C=O) groups is 2. The molecule has 2 rings (SSSR count). The van der Waals surface area contributed by atoms with Crippen LogP contribution in [0.25, 0.3) is 0 Å². The molecule has 0 spiro atoms. The lowest BCUT2D eigenvalue weighted by atomic mass is 9.87. The molecule has 0 saturated carbocycles. The van der Waals surface area contributed by atoms with E-state index in [9.17, 15) is 14.7 Å². The van der Waals surface area contributed by atoms with E-state index in [1.807, 2.05) is 19.9 Å². The minimum Gasteiger partial charge on any atom is -0.508 e. The quantitative estimate of drug-likeness (QED) is 0.873. The number of nitrogens with zero attached hydrogens (tertiary/aromatic N) is 1. The minimum atomic E-state index is -0.791. The molecule has 0 aliphatic carbocycles. The molecule has 2 amide bonds. The fraction of sp³-hybridized carbons (Fsp3) is 0.467. The van der Waals surface area contributed by atoms with Gasteiger partial charge in [-0.1, -0.05) is 26.0 Å². The summed E-state index contributed by atoms with van der Waals surface area (Å²) in [6, 6.07) is 6.78. The first-order chi connectivity index (χ1) is 9.53. The van der Waals surface area contributed by atoms with E-state index in [2.05, 4.69) is 5.32 Å². The van der Waals surface area contributed by atoms with E-state index in [0.29, 0.717) is 19.4 Å². The lowest BCUT2D eigenvalue weighted by molar-refractivity contribution is -0.155. The molecule has 1 aliphatic heterocycles. The average molecular weight is 276 g/mol. The molecule has 20 heavy (non-hydrogen) atoms. The van der Waals surface area contributed by atoms with E-state index in [4.69, 9.17) is 0 Å². The zero-order chi connectivity index (χ0) is 14.8. The SMILES string of the molecule is CCC1(CC)C(=O)NCC(=O)N1Cc1cccc(O)c1. The van der Waals surface area contributed by atoms with Crippen LogP contribution >= 0.6 is 0 Å². The maximum atomic E-state index is 12.2. The molecule has 1 aromatic carbocycles. The Morgan fingerprint density at radius 3 is 2.60 bits per heavy atom. The molecule has 108 valence electrons. The molecule has 0 unspecified atom stereocenters. The number of piperazine rings is 1. The van der Waals surface area contributed by atoms with Crippen LogP contribution in [0.1, 0.15) is 32.3 Å². The van der Waals surface area contributed by atoms with Crippen LogP contribution in [0.4, 0.5) is 0 Å². The lowest BCUT2D eigenvalue weighted by Gasteiger charge is -2.45. The van der Waals surface area contributed by atoms with Crippen LogP contribution in [0.3, 0.4) is 0 Å². The van der Waals surface area contributed by atoms with E-state index in [1.165, 1.54) is 0 Å². The van der Waals surface area contributed by atoms with Gasteiger partial charge in [0.2, 0.25) is 11.8 Å². The number of hydrogen-bond acceptors (Lipinski definition) is 3. The first-order valence-electron chi connectivity index (χ1n) is 6.90. The number of phenols is 1. The number of hydrogen-bond donors (Lipinski definition) is 2. The second-order valence-electron chi connectivity index (χ2n) is 5.07. The standard InChI is InChI=1S/C15H20N2O3/c1-3-15(4-2)14(20)16-9-13(19)17(15)10-11-6-5-7-12(18)8-11/h5-8,18H,3-4,9-10H2,1-2H3,(H,16,20). The molecule has 0 radical (unpaired) electrons. The van der Waals surface area contributed by atoms with Gasteiger partial charge in [0.1, 0.15) is 11.3 Å². The van der Waals surface area contributed by atoms with Gasteiger partial charge in [0.05, 0.1) is 6.54 Å². The van der Waals surface area contributed by atoms with Gasteiger partial charge in [-0.3, -0.25) is 9.59 Å². The Kier molecular flexibility index (Phi) is 3.97. The highest BCUT2D eigenvalue weighted by Gasteiger charge is 2.46. The van der Waals surface area contributed by atoms with Crippen molar-refractivity contribution >= 4 is 11.8 Å². The molecule has 1 aromatic rings. The van der Waals surface area contributed by atoms with Crippen molar-refractivity contribution < 1.29 is 14.7 Å². The molecule has 1 aliphatic rings. The Morgan fingerprint density at radius 2 is 2.00 bits per heavy atom. The minimum absolute atomic E-state index is 0.0411. The predicted octanol–water partition coefficient (Wildman–Crippen LogP) is 1.41. The summed E-state index contributed by atoms with van der Waals surface area (Å²) in [6.07, 6.45) is 1.14. The molecule has 5 nitrogen and oxygen atoms in total. The molecule has 1 heterocycles. The highest BCUT2D eigenvalue weighted by Crippen LogP contribution is 2.29. The number of rotatable bonds is 4. The Hall–Kier alpha value is -2.04. The normalized spacial score (nSPS) is 18.0. The third-order valence-electron chi connectivity index (χ3n) is 4.06. The lowest BCUT2D eigenvalue weighted by Crippen LogP contribution is -2.66. The zero-order valence-electron chi connectivity index (χ0n) is 11.8. The molecule has 1 fully saturated rings. The van der Waals surface area contributed by atoms with Crippen LogP contribution in [-0.4, -0.2) is 33.9 Å². The second kappa shape index (κ2) is 5.53. The second-order valence-corrected chi connectivity index (χ2v) is 5.07. The Morgan fingerprint density at radius 1 is 1.30 bits per heavy atom. The number of phenolic OH excluding ortho intramolecular Hbond substituents is 1. The van der Waals surface area contributed by atoms with Crippen molar-refractivity contribution in [2.75, 3.05) is 6.54 Å². The molecule has 5 heteroatoms. The molecule has 0 bridgehead atoms. The van der Waals surface area contributed by atoms with Crippen molar-refractivity contribution in [1.29, 1.82) is 0 Å². The Balaban J connectivity index is 2.34. The van der Waals surface area contributed by atoms with Crippen LogP contribution in [0.15, 0.2) is 24.3 Å². The average Bonchev–Trinajstić information content (AvgIpc) is 2.44. The molecular formula is C15H20N2O3. The van der Waals surface area contributed by atoms with E-state index in [0.717, 1.165) is 5.56 Å². The largest absolute Gasteiger partial charge is 0.508 e. The van der Waals surface area contributed by atoms with Crippen LogP contribution in [0.2, 0.25) is 0 Å². The zero-order valence-corrected chi connectivity index (χ0v) is 11.8. The van der Waals surface area contributed by atoms with Crippen molar-refractivity contribution in [3.63, 3.8) is 0 Å². The number of nitrogens with one attached hydrogen (secondary N) is 1. The summed E-state index contributed by atoms with van der Waals surface area (Å²) in [7, 11) is 0. The summed E-state index contributed by atoms with van der Waals surface area (Å²) in [5, 5.41) is 12.2. The molecule has 2 N–H and O–H groups in total. The maximum absolute atomic E-state index is 12.2. The van der Waals surface area contributed by atoms with Crippen LogP contribution in [0.5, 0.6) is 5.75 Å². The van der Waals surface area contributed by atoms with Gasteiger partial charge in [0.25, 0.3) is 0 Å². The Labute approximate surface area is 118 Å². The number of benzene rings is 1.